The summed E-state index contributed by atoms with van der Waals surface area (Å²) >= 11 is 0. The minimum atomic E-state index is -0.0288. The Bertz CT molecular complexity index is 332. The van der Waals surface area contributed by atoms with Crippen molar-refractivity contribution in [3.05, 3.63) is 23.3 Å². The highest BCUT2D eigenvalue weighted by molar-refractivity contribution is 5.46. The van der Waals surface area contributed by atoms with Crippen LogP contribution in [0, 0.1) is 6.92 Å². The topological polar surface area (TPSA) is 40.5 Å². The van der Waals surface area contributed by atoms with E-state index in [9.17, 15) is 10.2 Å². The summed E-state index contributed by atoms with van der Waals surface area (Å²) in [7, 11) is 0. The fourth-order valence-electron chi connectivity index (χ4n) is 1.89. The molecule has 2 N–H and O–H groups in total. The van der Waals surface area contributed by atoms with Crippen LogP contribution in [0.4, 0.5) is 0 Å². The van der Waals surface area contributed by atoms with Gasteiger partial charge >= 0.3 is 0 Å². The van der Waals surface area contributed by atoms with Gasteiger partial charge in [0.15, 0.2) is 11.5 Å². The van der Waals surface area contributed by atoms with Gasteiger partial charge < -0.3 is 10.2 Å². The lowest BCUT2D eigenvalue weighted by Crippen LogP contribution is -1.96. The summed E-state index contributed by atoms with van der Waals surface area (Å²) in [6.07, 6.45) is 3.51. The summed E-state index contributed by atoms with van der Waals surface area (Å²) in [5.41, 5.74) is 2.19. The van der Waals surface area contributed by atoms with Gasteiger partial charge in [-0.2, -0.15) is 0 Å². The summed E-state index contributed by atoms with van der Waals surface area (Å²) in [4.78, 5) is 0. The fourth-order valence-corrected chi connectivity index (χ4v) is 1.89. The highest BCUT2D eigenvalue weighted by atomic mass is 16.3. The summed E-state index contributed by atoms with van der Waals surface area (Å²) in [6.45, 7) is 6.30. The van der Waals surface area contributed by atoms with Crippen LogP contribution in [0.5, 0.6) is 11.5 Å². The van der Waals surface area contributed by atoms with E-state index in [1.54, 1.807) is 12.1 Å². The first kappa shape index (κ1) is 11.9. The number of unbranched alkanes of at least 4 members (excludes halogenated alkanes) is 1. The predicted octanol–water partition coefficient (Wildman–Crippen LogP) is 3.70. The monoisotopic (exact) mass is 208 g/mol. The van der Waals surface area contributed by atoms with Gasteiger partial charge in [0.05, 0.1) is 0 Å². The molecule has 0 heterocycles. The molecule has 1 unspecified atom stereocenters. The van der Waals surface area contributed by atoms with Crippen LogP contribution in [0.3, 0.4) is 0 Å². The van der Waals surface area contributed by atoms with Gasteiger partial charge in [0.1, 0.15) is 0 Å². The van der Waals surface area contributed by atoms with Crippen LogP contribution < -0.4 is 0 Å². The molecule has 0 saturated carbocycles. The van der Waals surface area contributed by atoms with Gasteiger partial charge in [0.2, 0.25) is 0 Å². The molecule has 2 nitrogen and oxygen atoms in total. The minimum absolute atomic E-state index is 0.0149. The van der Waals surface area contributed by atoms with Gasteiger partial charge in [-0.05, 0) is 42.5 Å². The lowest BCUT2D eigenvalue weighted by Gasteiger charge is -2.15. The standard InChI is InChI=1S/C13H20O2/c1-4-5-6-9(2)11-8-13(15)12(14)7-10(11)3/h7-9,14-15H,4-6H2,1-3H3. The molecule has 0 aliphatic heterocycles. The number of aryl methyl sites for hydroxylation is 1. The van der Waals surface area contributed by atoms with Crippen molar-refractivity contribution in [3.8, 4) is 11.5 Å². The Balaban J connectivity index is 2.88. The molecule has 0 aromatic heterocycles. The van der Waals surface area contributed by atoms with Crippen molar-refractivity contribution in [2.45, 2.75) is 46.0 Å². The maximum Gasteiger partial charge on any atom is 0.157 e. The summed E-state index contributed by atoms with van der Waals surface area (Å²) in [5, 5.41) is 18.8. The first-order valence-electron chi connectivity index (χ1n) is 5.58. The summed E-state index contributed by atoms with van der Waals surface area (Å²) in [6, 6.07) is 3.32. The van der Waals surface area contributed by atoms with Gasteiger partial charge in [-0.15, -0.1) is 0 Å². The molecule has 0 spiro atoms. The highest BCUT2D eigenvalue weighted by Gasteiger charge is 2.11. The Morgan fingerprint density at radius 3 is 2.40 bits per heavy atom. The molecule has 0 radical (unpaired) electrons. The third-order valence-electron chi connectivity index (χ3n) is 2.88. The van der Waals surface area contributed by atoms with Crippen molar-refractivity contribution in [2.24, 2.45) is 0 Å². The van der Waals surface area contributed by atoms with Crippen molar-refractivity contribution in [1.82, 2.24) is 0 Å². The normalized spacial score (nSPS) is 12.7. The van der Waals surface area contributed by atoms with Gasteiger partial charge in [-0.25, -0.2) is 0 Å². The average Bonchev–Trinajstić information content (AvgIpc) is 2.20. The molecule has 2 heteroatoms. The first-order chi connectivity index (χ1) is 7.06. The number of benzene rings is 1. The molecule has 0 aliphatic rings. The Kier molecular flexibility index (Phi) is 4.01. The molecule has 0 bridgehead atoms. The van der Waals surface area contributed by atoms with E-state index in [0.717, 1.165) is 17.5 Å². The second kappa shape index (κ2) is 5.06. The molecule has 0 fully saturated rings. The number of hydrogen-bond acceptors (Lipinski definition) is 2. The number of hydrogen-bond donors (Lipinski definition) is 2. The molecule has 1 rings (SSSR count). The maximum atomic E-state index is 9.45. The van der Waals surface area contributed by atoms with Gasteiger partial charge in [-0.1, -0.05) is 26.7 Å². The van der Waals surface area contributed by atoms with E-state index >= 15 is 0 Å². The lowest BCUT2D eigenvalue weighted by molar-refractivity contribution is 0.402. The largest absolute Gasteiger partial charge is 0.504 e. The SMILES string of the molecule is CCCCC(C)c1cc(O)c(O)cc1C. The molecule has 0 amide bonds. The molecule has 84 valence electrons. The predicted molar refractivity (Wildman–Crippen MR) is 62.4 cm³/mol. The third kappa shape index (κ3) is 2.88. The Morgan fingerprint density at radius 2 is 1.80 bits per heavy atom. The first-order valence-corrected chi connectivity index (χ1v) is 5.58. The second-order valence-electron chi connectivity index (χ2n) is 4.24. The van der Waals surface area contributed by atoms with E-state index in [0.29, 0.717) is 5.92 Å². The van der Waals surface area contributed by atoms with Gasteiger partial charge in [-0.3, -0.25) is 0 Å². The Hall–Kier alpha value is -1.18. The lowest BCUT2D eigenvalue weighted by atomic mass is 9.91. The number of phenols is 2. The van der Waals surface area contributed by atoms with E-state index in [-0.39, 0.29) is 11.5 Å². The van der Waals surface area contributed by atoms with Crippen LogP contribution in [0.2, 0.25) is 0 Å². The second-order valence-corrected chi connectivity index (χ2v) is 4.24. The quantitative estimate of drug-likeness (QED) is 0.741. The van der Waals surface area contributed by atoms with Crippen LogP contribution in [0.25, 0.3) is 0 Å². The molecule has 0 aliphatic carbocycles. The molecule has 1 atom stereocenters. The molecular weight excluding hydrogens is 188 g/mol. The zero-order valence-electron chi connectivity index (χ0n) is 9.75. The van der Waals surface area contributed by atoms with Crippen molar-refractivity contribution in [1.29, 1.82) is 0 Å². The summed E-state index contributed by atoms with van der Waals surface area (Å²) < 4.78 is 0. The average molecular weight is 208 g/mol. The third-order valence-corrected chi connectivity index (χ3v) is 2.88. The zero-order valence-corrected chi connectivity index (χ0v) is 9.75. The van der Waals surface area contributed by atoms with E-state index in [4.69, 9.17) is 0 Å². The molecule has 1 aromatic rings. The fraction of sp³-hybridized carbons (Fsp3) is 0.538. The van der Waals surface area contributed by atoms with Crippen molar-refractivity contribution in [3.63, 3.8) is 0 Å². The van der Waals surface area contributed by atoms with Crippen LogP contribution >= 0.6 is 0 Å². The van der Waals surface area contributed by atoms with Crippen LogP contribution in [-0.2, 0) is 0 Å². The van der Waals surface area contributed by atoms with E-state index in [1.807, 2.05) is 6.92 Å². The van der Waals surface area contributed by atoms with Crippen LogP contribution in [0.1, 0.15) is 50.2 Å². The molecular formula is C13H20O2. The van der Waals surface area contributed by atoms with E-state index in [1.165, 1.54) is 12.8 Å². The Morgan fingerprint density at radius 1 is 1.20 bits per heavy atom. The number of rotatable bonds is 4. The number of phenolic OH excluding ortho intramolecular Hbond substituents is 2. The number of aromatic hydroxyl groups is 2. The molecule has 1 aromatic carbocycles. The smallest absolute Gasteiger partial charge is 0.157 e. The van der Waals surface area contributed by atoms with Gasteiger partial charge in [0.25, 0.3) is 0 Å². The molecule has 15 heavy (non-hydrogen) atoms. The van der Waals surface area contributed by atoms with Crippen LogP contribution in [0.15, 0.2) is 12.1 Å². The van der Waals surface area contributed by atoms with Gasteiger partial charge in [0, 0.05) is 0 Å². The van der Waals surface area contributed by atoms with Crippen molar-refractivity contribution in [2.75, 3.05) is 0 Å². The van der Waals surface area contributed by atoms with E-state index < -0.39 is 0 Å². The Labute approximate surface area is 91.6 Å². The minimum Gasteiger partial charge on any atom is -0.504 e. The zero-order chi connectivity index (χ0) is 11.4. The van der Waals surface area contributed by atoms with Crippen molar-refractivity contribution >= 4 is 0 Å². The molecule has 0 saturated heterocycles. The maximum absolute atomic E-state index is 9.45. The van der Waals surface area contributed by atoms with Crippen LogP contribution in [-0.4, -0.2) is 10.2 Å². The summed E-state index contributed by atoms with van der Waals surface area (Å²) in [5.74, 6) is 0.398. The van der Waals surface area contributed by atoms with Crippen molar-refractivity contribution < 1.29 is 10.2 Å². The van der Waals surface area contributed by atoms with E-state index in [2.05, 4.69) is 13.8 Å². The highest BCUT2D eigenvalue weighted by Crippen LogP contribution is 2.33.